The molecule has 1 unspecified atom stereocenters. The Hall–Kier alpha value is -0.570. The number of carbonyl (C=O) groups excluding carboxylic acids is 1. The monoisotopic (exact) mass is 252 g/mol. The van der Waals surface area contributed by atoms with Gasteiger partial charge in [0, 0.05) is 12.6 Å². The molecular weight excluding hydrogens is 224 g/mol. The van der Waals surface area contributed by atoms with Crippen molar-refractivity contribution in [3.63, 3.8) is 0 Å². The number of nitrogens with one attached hydrogen (secondary N) is 2. The zero-order valence-electron chi connectivity index (χ0n) is 12.1. The van der Waals surface area contributed by atoms with Gasteiger partial charge in [0.25, 0.3) is 0 Å². The van der Waals surface area contributed by atoms with Gasteiger partial charge in [0.15, 0.2) is 0 Å². The fourth-order valence-corrected chi connectivity index (χ4v) is 3.59. The summed E-state index contributed by atoms with van der Waals surface area (Å²) < 4.78 is 0. The first-order chi connectivity index (χ1) is 8.56. The molecule has 1 aliphatic carbocycles. The van der Waals surface area contributed by atoms with Crippen molar-refractivity contribution in [3.8, 4) is 0 Å². The van der Waals surface area contributed by atoms with Crippen molar-refractivity contribution in [2.24, 2.45) is 17.3 Å². The van der Waals surface area contributed by atoms with Crippen LogP contribution in [0.4, 0.5) is 0 Å². The SMILES string of the molecule is CC(C)C1(C(=O)N[C@@H](C)C2CCCC2)CCNC1. The first-order valence-electron chi connectivity index (χ1n) is 7.58. The van der Waals surface area contributed by atoms with Crippen molar-refractivity contribution in [3.05, 3.63) is 0 Å². The predicted molar refractivity (Wildman–Crippen MR) is 74.3 cm³/mol. The number of hydrogen-bond acceptors (Lipinski definition) is 2. The maximum absolute atomic E-state index is 12.6. The van der Waals surface area contributed by atoms with E-state index in [1.165, 1.54) is 25.7 Å². The molecule has 0 bridgehead atoms. The summed E-state index contributed by atoms with van der Waals surface area (Å²) in [5.41, 5.74) is -0.174. The second kappa shape index (κ2) is 5.60. The Morgan fingerprint density at radius 1 is 1.28 bits per heavy atom. The molecule has 104 valence electrons. The van der Waals surface area contributed by atoms with Gasteiger partial charge in [-0.25, -0.2) is 0 Å². The summed E-state index contributed by atoms with van der Waals surface area (Å²) in [6.45, 7) is 8.35. The molecule has 2 rings (SSSR count). The van der Waals surface area contributed by atoms with Gasteiger partial charge in [0.1, 0.15) is 0 Å². The zero-order chi connectivity index (χ0) is 13.2. The van der Waals surface area contributed by atoms with E-state index in [0.29, 0.717) is 17.9 Å². The fourth-order valence-electron chi connectivity index (χ4n) is 3.59. The summed E-state index contributed by atoms with van der Waals surface area (Å²) >= 11 is 0. The van der Waals surface area contributed by atoms with E-state index in [-0.39, 0.29) is 11.3 Å². The Balaban J connectivity index is 1.97. The molecule has 1 saturated heterocycles. The molecule has 3 nitrogen and oxygen atoms in total. The van der Waals surface area contributed by atoms with Crippen LogP contribution in [0.5, 0.6) is 0 Å². The Labute approximate surface area is 111 Å². The van der Waals surface area contributed by atoms with E-state index < -0.39 is 0 Å². The van der Waals surface area contributed by atoms with Gasteiger partial charge in [-0.15, -0.1) is 0 Å². The molecular formula is C15H28N2O. The zero-order valence-corrected chi connectivity index (χ0v) is 12.1. The summed E-state index contributed by atoms with van der Waals surface area (Å²) in [6, 6.07) is 0.344. The lowest BCUT2D eigenvalue weighted by molar-refractivity contribution is -0.133. The quantitative estimate of drug-likeness (QED) is 0.806. The Morgan fingerprint density at radius 2 is 1.94 bits per heavy atom. The van der Waals surface area contributed by atoms with Gasteiger partial charge < -0.3 is 10.6 Å². The second-order valence-electron chi connectivity index (χ2n) is 6.54. The molecule has 1 amide bonds. The normalized spacial score (nSPS) is 30.9. The summed E-state index contributed by atoms with van der Waals surface area (Å²) in [5, 5.41) is 6.66. The summed E-state index contributed by atoms with van der Waals surface area (Å²) in [6.07, 6.45) is 6.22. The molecule has 1 heterocycles. The van der Waals surface area contributed by atoms with Gasteiger partial charge in [0.05, 0.1) is 5.41 Å². The topological polar surface area (TPSA) is 41.1 Å². The molecule has 2 aliphatic rings. The summed E-state index contributed by atoms with van der Waals surface area (Å²) in [7, 11) is 0. The van der Waals surface area contributed by atoms with Crippen molar-refractivity contribution < 1.29 is 4.79 Å². The maximum Gasteiger partial charge on any atom is 0.228 e. The van der Waals surface area contributed by atoms with Crippen molar-refractivity contribution in [2.75, 3.05) is 13.1 Å². The summed E-state index contributed by atoms with van der Waals surface area (Å²) in [4.78, 5) is 12.6. The average Bonchev–Trinajstić information content (AvgIpc) is 3.01. The molecule has 18 heavy (non-hydrogen) atoms. The molecule has 0 aromatic heterocycles. The van der Waals surface area contributed by atoms with Crippen LogP contribution in [0, 0.1) is 17.3 Å². The average molecular weight is 252 g/mol. The van der Waals surface area contributed by atoms with Gasteiger partial charge in [-0.3, -0.25) is 4.79 Å². The van der Waals surface area contributed by atoms with Gasteiger partial charge in [-0.1, -0.05) is 26.7 Å². The molecule has 0 radical (unpaired) electrons. The third-order valence-electron chi connectivity index (χ3n) is 5.21. The van der Waals surface area contributed by atoms with Gasteiger partial charge >= 0.3 is 0 Å². The van der Waals surface area contributed by atoms with E-state index in [9.17, 15) is 4.79 Å². The Kier molecular flexibility index (Phi) is 4.31. The second-order valence-corrected chi connectivity index (χ2v) is 6.54. The molecule has 0 aromatic rings. The third kappa shape index (κ3) is 2.56. The van der Waals surface area contributed by atoms with E-state index >= 15 is 0 Å². The summed E-state index contributed by atoms with van der Waals surface area (Å²) in [5.74, 6) is 1.39. The first-order valence-corrected chi connectivity index (χ1v) is 7.58. The van der Waals surface area contributed by atoms with Crippen LogP contribution in [-0.4, -0.2) is 25.0 Å². The first kappa shape index (κ1) is 13.9. The highest BCUT2D eigenvalue weighted by molar-refractivity contribution is 5.83. The lowest BCUT2D eigenvalue weighted by atomic mass is 9.75. The minimum Gasteiger partial charge on any atom is -0.353 e. The smallest absolute Gasteiger partial charge is 0.228 e. The lowest BCUT2D eigenvalue weighted by Gasteiger charge is -2.33. The molecule has 1 saturated carbocycles. The highest BCUT2D eigenvalue weighted by Gasteiger charge is 2.44. The Morgan fingerprint density at radius 3 is 2.44 bits per heavy atom. The maximum atomic E-state index is 12.6. The van der Waals surface area contributed by atoms with E-state index in [4.69, 9.17) is 0 Å². The molecule has 2 fully saturated rings. The van der Waals surface area contributed by atoms with Gasteiger partial charge in [-0.05, 0) is 44.6 Å². The predicted octanol–water partition coefficient (Wildman–Crippen LogP) is 2.32. The standard InChI is InChI=1S/C15H28N2O/c1-11(2)15(8-9-16-10-15)14(18)17-12(3)13-6-4-5-7-13/h11-13,16H,4-10H2,1-3H3,(H,17,18)/t12-,15?/m0/s1. The Bertz CT molecular complexity index is 289. The molecule has 2 N–H and O–H groups in total. The van der Waals surface area contributed by atoms with Crippen molar-refractivity contribution >= 4 is 5.91 Å². The van der Waals surface area contributed by atoms with Crippen LogP contribution in [-0.2, 0) is 4.79 Å². The third-order valence-corrected chi connectivity index (χ3v) is 5.21. The van der Waals surface area contributed by atoms with Crippen LogP contribution >= 0.6 is 0 Å². The highest BCUT2D eigenvalue weighted by Crippen LogP contribution is 2.35. The molecule has 0 spiro atoms. The van der Waals surface area contributed by atoms with E-state index in [1.807, 2.05) is 0 Å². The number of rotatable bonds is 4. The highest BCUT2D eigenvalue weighted by atomic mass is 16.2. The van der Waals surface area contributed by atoms with Crippen molar-refractivity contribution in [1.82, 2.24) is 10.6 Å². The van der Waals surface area contributed by atoms with Crippen LogP contribution in [0.15, 0.2) is 0 Å². The van der Waals surface area contributed by atoms with Crippen LogP contribution in [0.3, 0.4) is 0 Å². The minimum absolute atomic E-state index is 0.174. The van der Waals surface area contributed by atoms with Crippen molar-refractivity contribution in [2.45, 2.75) is 58.9 Å². The molecule has 2 atom stereocenters. The van der Waals surface area contributed by atoms with Crippen molar-refractivity contribution in [1.29, 1.82) is 0 Å². The van der Waals surface area contributed by atoms with Gasteiger partial charge in [0.2, 0.25) is 5.91 Å². The number of carbonyl (C=O) groups is 1. The van der Waals surface area contributed by atoms with Gasteiger partial charge in [-0.2, -0.15) is 0 Å². The van der Waals surface area contributed by atoms with Crippen LogP contribution in [0.25, 0.3) is 0 Å². The minimum atomic E-state index is -0.174. The molecule has 0 aromatic carbocycles. The fraction of sp³-hybridized carbons (Fsp3) is 0.933. The van der Waals surface area contributed by atoms with Crippen LogP contribution < -0.4 is 10.6 Å². The van der Waals surface area contributed by atoms with Crippen LogP contribution in [0.2, 0.25) is 0 Å². The van der Waals surface area contributed by atoms with E-state index in [2.05, 4.69) is 31.4 Å². The van der Waals surface area contributed by atoms with E-state index in [0.717, 1.165) is 19.5 Å². The lowest BCUT2D eigenvalue weighted by Crippen LogP contribution is -2.50. The number of hydrogen-bond donors (Lipinski definition) is 2. The van der Waals surface area contributed by atoms with E-state index in [1.54, 1.807) is 0 Å². The van der Waals surface area contributed by atoms with Crippen LogP contribution in [0.1, 0.15) is 52.9 Å². The largest absolute Gasteiger partial charge is 0.353 e. The molecule has 1 aliphatic heterocycles. The number of amides is 1. The molecule has 3 heteroatoms.